The lowest BCUT2D eigenvalue weighted by atomic mass is 10.0. The summed E-state index contributed by atoms with van der Waals surface area (Å²) in [5.41, 5.74) is 7.99. The summed E-state index contributed by atoms with van der Waals surface area (Å²) in [7, 11) is 0. The van der Waals surface area contributed by atoms with E-state index in [1.165, 1.54) is 0 Å². The summed E-state index contributed by atoms with van der Waals surface area (Å²) in [6, 6.07) is 5.83. The Labute approximate surface area is 124 Å². The predicted octanol–water partition coefficient (Wildman–Crippen LogP) is 1.88. The normalized spacial score (nSPS) is 15.2. The van der Waals surface area contributed by atoms with Crippen molar-refractivity contribution in [1.82, 2.24) is 4.90 Å². The Bertz CT molecular complexity index is 537. The highest BCUT2D eigenvalue weighted by Crippen LogP contribution is 2.17. The van der Waals surface area contributed by atoms with Crippen LogP contribution >= 0.6 is 11.8 Å². The van der Waals surface area contributed by atoms with Gasteiger partial charge < -0.3 is 10.6 Å². The Morgan fingerprint density at radius 3 is 3.05 bits per heavy atom. The number of hydrogen-bond acceptors (Lipinski definition) is 3. The lowest BCUT2D eigenvalue weighted by Crippen LogP contribution is -2.33. The second-order valence-electron chi connectivity index (χ2n) is 4.81. The van der Waals surface area contributed by atoms with Crippen LogP contribution in [0.5, 0.6) is 0 Å². The molecule has 1 amide bonds. The zero-order chi connectivity index (χ0) is 14.4. The fraction of sp³-hybridized carbons (Fsp3) is 0.438. The highest BCUT2D eigenvalue weighted by Gasteiger charge is 2.19. The molecule has 0 saturated carbocycles. The van der Waals surface area contributed by atoms with Gasteiger partial charge in [0.05, 0.1) is 12.1 Å². The van der Waals surface area contributed by atoms with E-state index in [2.05, 4.69) is 11.8 Å². The lowest BCUT2D eigenvalue weighted by Gasteiger charge is -2.21. The van der Waals surface area contributed by atoms with Gasteiger partial charge in [0.25, 0.3) is 5.91 Å². The molecule has 20 heavy (non-hydrogen) atoms. The predicted molar refractivity (Wildman–Crippen MR) is 85.0 cm³/mol. The molecule has 1 aliphatic rings. The molecule has 2 N–H and O–H groups in total. The number of nitrogens with two attached hydrogens (primary N) is 1. The van der Waals surface area contributed by atoms with E-state index in [0.717, 1.165) is 42.1 Å². The minimum absolute atomic E-state index is 0.0949. The molecule has 106 valence electrons. The number of nitrogens with zero attached hydrogens (tertiary/aromatic N) is 1. The molecule has 1 aromatic carbocycles. The van der Waals surface area contributed by atoms with Crippen LogP contribution in [0.2, 0.25) is 0 Å². The molecule has 1 aliphatic heterocycles. The number of hydrogen-bond donors (Lipinski definition) is 1. The Morgan fingerprint density at radius 1 is 1.40 bits per heavy atom. The van der Waals surface area contributed by atoms with E-state index in [0.29, 0.717) is 12.1 Å². The van der Waals surface area contributed by atoms with Crippen molar-refractivity contribution in [2.75, 3.05) is 31.1 Å². The quantitative estimate of drug-likeness (QED) is 0.803. The minimum atomic E-state index is 0.0949. The SMILES string of the molecule is Cc1ccc(C#CCN)c(C(=O)N2CCCSCC2)c1. The fourth-order valence-electron chi connectivity index (χ4n) is 2.21. The van der Waals surface area contributed by atoms with E-state index in [1.807, 2.05) is 41.8 Å². The van der Waals surface area contributed by atoms with E-state index in [9.17, 15) is 4.79 Å². The topological polar surface area (TPSA) is 46.3 Å². The van der Waals surface area contributed by atoms with Crippen molar-refractivity contribution in [2.45, 2.75) is 13.3 Å². The van der Waals surface area contributed by atoms with Gasteiger partial charge in [0.1, 0.15) is 0 Å². The minimum Gasteiger partial charge on any atom is -0.338 e. The summed E-state index contributed by atoms with van der Waals surface area (Å²) in [4.78, 5) is 14.7. The zero-order valence-corrected chi connectivity index (χ0v) is 12.6. The maximum Gasteiger partial charge on any atom is 0.255 e. The first-order valence-corrected chi connectivity index (χ1v) is 8.04. The Kier molecular flexibility index (Phi) is 5.51. The molecule has 0 spiro atoms. The molecule has 1 saturated heterocycles. The van der Waals surface area contributed by atoms with Crippen molar-refractivity contribution in [3.05, 3.63) is 34.9 Å². The molecule has 1 aromatic rings. The van der Waals surface area contributed by atoms with Gasteiger partial charge in [-0.1, -0.05) is 23.5 Å². The molecule has 4 heteroatoms. The third-order valence-corrected chi connectivity index (χ3v) is 4.29. The van der Waals surface area contributed by atoms with Crippen molar-refractivity contribution in [2.24, 2.45) is 5.73 Å². The van der Waals surface area contributed by atoms with Crippen LogP contribution in [0.25, 0.3) is 0 Å². The van der Waals surface area contributed by atoms with Gasteiger partial charge in [0.15, 0.2) is 0 Å². The molecular weight excluding hydrogens is 268 g/mol. The first-order chi connectivity index (χ1) is 9.72. The number of rotatable bonds is 1. The van der Waals surface area contributed by atoms with Gasteiger partial charge in [-0.3, -0.25) is 4.79 Å². The van der Waals surface area contributed by atoms with Crippen LogP contribution in [-0.2, 0) is 0 Å². The summed E-state index contributed by atoms with van der Waals surface area (Å²) >= 11 is 1.91. The molecule has 0 atom stereocenters. The van der Waals surface area contributed by atoms with E-state index in [1.54, 1.807) is 0 Å². The van der Waals surface area contributed by atoms with Crippen LogP contribution in [0.4, 0.5) is 0 Å². The van der Waals surface area contributed by atoms with Crippen LogP contribution < -0.4 is 5.73 Å². The molecule has 2 rings (SSSR count). The summed E-state index contributed by atoms with van der Waals surface area (Å²) in [6.45, 7) is 3.96. The standard InChI is InChI=1S/C16H20N2OS/c1-13-5-6-14(4-2-7-17)15(12-13)16(19)18-8-3-10-20-11-9-18/h5-6,12H,3,7-11,17H2,1H3. The molecule has 0 aliphatic carbocycles. The average molecular weight is 288 g/mol. The first-order valence-electron chi connectivity index (χ1n) is 6.89. The zero-order valence-electron chi connectivity index (χ0n) is 11.8. The van der Waals surface area contributed by atoms with Crippen LogP contribution in [-0.4, -0.2) is 41.9 Å². The molecule has 0 radical (unpaired) electrons. The number of amides is 1. The van der Waals surface area contributed by atoms with E-state index in [-0.39, 0.29) is 5.91 Å². The highest BCUT2D eigenvalue weighted by atomic mass is 32.2. The number of carbonyl (C=O) groups excluding carboxylic acids is 1. The Morgan fingerprint density at radius 2 is 2.25 bits per heavy atom. The second kappa shape index (κ2) is 7.37. The van der Waals surface area contributed by atoms with Crippen LogP contribution in [0.1, 0.15) is 27.9 Å². The number of thioether (sulfide) groups is 1. The average Bonchev–Trinajstić information content (AvgIpc) is 2.74. The van der Waals surface area contributed by atoms with Gasteiger partial charge in [-0.2, -0.15) is 11.8 Å². The highest BCUT2D eigenvalue weighted by molar-refractivity contribution is 7.99. The van der Waals surface area contributed by atoms with Crippen molar-refractivity contribution in [3.8, 4) is 11.8 Å². The largest absolute Gasteiger partial charge is 0.338 e. The smallest absolute Gasteiger partial charge is 0.255 e. The lowest BCUT2D eigenvalue weighted by molar-refractivity contribution is 0.0768. The molecule has 1 fully saturated rings. The maximum atomic E-state index is 12.7. The molecule has 0 aromatic heterocycles. The molecule has 0 bridgehead atoms. The van der Waals surface area contributed by atoms with Gasteiger partial charge in [0, 0.05) is 24.4 Å². The summed E-state index contributed by atoms with van der Waals surface area (Å²) < 4.78 is 0. The number of carbonyl (C=O) groups is 1. The van der Waals surface area contributed by atoms with Gasteiger partial charge in [-0.15, -0.1) is 0 Å². The van der Waals surface area contributed by atoms with Crippen LogP contribution in [0.3, 0.4) is 0 Å². The Balaban J connectivity index is 2.29. The summed E-state index contributed by atoms with van der Waals surface area (Å²) in [5.74, 6) is 8.09. The molecule has 3 nitrogen and oxygen atoms in total. The first kappa shape index (κ1) is 15.0. The summed E-state index contributed by atoms with van der Waals surface area (Å²) in [6.07, 6.45) is 1.06. The van der Waals surface area contributed by atoms with Crippen LogP contribution in [0, 0.1) is 18.8 Å². The Hall–Kier alpha value is -1.44. The third kappa shape index (κ3) is 3.78. The fourth-order valence-corrected chi connectivity index (χ4v) is 3.10. The molecule has 1 heterocycles. The second-order valence-corrected chi connectivity index (χ2v) is 6.04. The van der Waals surface area contributed by atoms with Crippen molar-refractivity contribution in [1.29, 1.82) is 0 Å². The monoisotopic (exact) mass is 288 g/mol. The van der Waals surface area contributed by atoms with Crippen molar-refractivity contribution in [3.63, 3.8) is 0 Å². The van der Waals surface area contributed by atoms with Crippen molar-refractivity contribution >= 4 is 17.7 Å². The van der Waals surface area contributed by atoms with Gasteiger partial charge >= 0.3 is 0 Å². The van der Waals surface area contributed by atoms with Gasteiger partial charge in [-0.25, -0.2) is 0 Å². The van der Waals surface area contributed by atoms with Gasteiger partial charge in [0.2, 0.25) is 0 Å². The maximum absolute atomic E-state index is 12.7. The van der Waals surface area contributed by atoms with E-state index >= 15 is 0 Å². The molecule has 0 unspecified atom stereocenters. The molecular formula is C16H20N2OS. The van der Waals surface area contributed by atoms with Crippen LogP contribution in [0.15, 0.2) is 18.2 Å². The van der Waals surface area contributed by atoms with E-state index in [4.69, 9.17) is 5.73 Å². The number of aryl methyl sites for hydroxylation is 1. The van der Waals surface area contributed by atoms with Gasteiger partial charge in [-0.05, 0) is 31.2 Å². The summed E-state index contributed by atoms with van der Waals surface area (Å²) in [5, 5.41) is 0. The van der Waals surface area contributed by atoms with Crippen molar-refractivity contribution < 1.29 is 4.79 Å². The van der Waals surface area contributed by atoms with E-state index < -0.39 is 0 Å². The number of benzene rings is 1. The third-order valence-electron chi connectivity index (χ3n) is 3.24.